The SMILES string of the molecule is Nc1ccc(CCCSCCO)cc1. The van der Waals surface area contributed by atoms with Crippen molar-refractivity contribution in [2.75, 3.05) is 23.8 Å². The highest BCUT2D eigenvalue weighted by molar-refractivity contribution is 7.99. The van der Waals surface area contributed by atoms with Gasteiger partial charge < -0.3 is 10.8 Å². The number of nitrogen functional groups attached to an aromatic ring is 1. The van der Waals surface area contributed by atoms with Gasteiger partial charge in [-0.05, 0) is 36.3 Å². The maximum absolute atomic E-state index is 8.58. The van der Waals surface area contributed by atoms with Gasteiger partial charge in [0.25, 0.3) is 0 Å². The molecule has 0 saturated carbocycles. The minimum atomic E-state index is 0.284. The van der Waals surface area contributed by atoms with Crippen molar-refractivity contribution >= 4 is 17.4 Å². The molecule has 0 radical (unpaired) electrons. The number of hydrogen-bond donors (Lipinski definition) is 2. The summed E-state index contributed by atoms with van der Waals surface area (Å²) in [6.45, 7) is 0.284. The minimum absolute atomic E-state index is 0.284. The minimum Gasteiger partial charge on any atom is -0.399 e. The molecule has 1 aromatic rings. The summed E-state index contributed by atoms with van der Waals surface area (Å²) in [5.41, 5.74) is 7.75. The van der Waals surface area contributed by atoms with E-state index in [1.54, 1.807) is 11.8 Å². The molecule has 0 fully saturated rings. The van der Waals surface area contributed by atoms with Gasteiger partial charge in [0.1, 0.15) is 0 Å². The number of aliphatic hydroxyl groups is 1. The van der Waals surface area contributed by atoms with Crippen LogP contribution in [-0.4, -0.2) is 23.2 Å². The number of nitrogens with two attached hydrogens (primary N) is 1. The van der Waals surface area contributed by atoms with Gasteiger partial charge in [0, 0.05) is 11.4 Å². The van der Waals surface area contributed by atoms with Crippen LogP contribution in [0.15, 0.2) is 24.3 Å². The smallest absolute Gasteiger partial charge is 0.0521 e. The van der Waals surface area contributed by atoms with Crippen molar-refractivity contribution in [1.29, 1.82) is 0 Å². The zero-order valence-corrected chi connectivity index (χ0v) is 9.09. The fourth-order valence-electron chi connectivity index (χ4n) is 1.23. The summed E-state index contributed by atoms with van der Waals surface area (Å²) in [5, 5.41) is 8.58. The van der Waals surface area contributed by atoms with E-state index in [1.807, 2.05) is 12.1 Å². The molecule has 0 saturated heterocycles. The van der Waals surface area contributed by atoms with Gasteiger partial charge in [-0.2, -0.15) is 11.8 Å². The molecular formula is C11H17NOS. The van der Waals surface area contributed by atoms with Crippen molar-refractivity contribution in [3.63, 3.8) is 0 Å². The molecule has 78 valence electrons. The van der Waals surface area contributed by atoms with E-state index in [9.17, 15) is 0 Å². The largest absolute Gasteiger partial charge is 0.399 e. The lowest BCUT2D eigenvalue weighted by molar-refractivity contribution is 0.322. The molecule has 0 aliphatic heterocycles. The van der Waals surface area contributed by atoms with Crippen LogP contribution < -0.4 is 5.73 Å². The molecule has 2 nitrogen and oxygen atoms in total. The van der Waals surface area contributed by atoms with Gasteiger partial charge >= 0.3 is 0 Å². The Hall–Kier alpha value is -0.670. The van der Waals surface area contributed by atoms with Gasteiger partial charge in [0.15, 0.2) is 0 Å². The van der Waals surface area contributed by atoms with Crippen LogP contribution in [0, 0.1) is 0 Å². The molecule has 14 heavy (non-hydrogen) atoms. The third-order valence-corrected chi connectivity index (χ3v) is 3.02. The summed E-state index contributed by atoms with van der Waals surface area (Å²) in [6, 6.07) is 8.03. The van der Waals surface area contributed by atoms with Crippen molar-refractivity contribution in [3.8, 4) is 0 Å². The van der Waals surface area contributed by atoms with Gasteiger partial charge in [-0.1, -0.05) is 12.1 Å². The molecule has 0 atom stereocenters. The molecular weight excluding hydrogens is 194 g/mol. The quantitative estimate of drug-likeness (QED) is 0.558. The fourth-order valence-corrected chi connectivity index (χ4v) is 1.91. The van der Waals surface area contributed by atoms with Crippen LogP contribution in [0.25, 0.3) is 0 Å². The predicted molar refractivity (Wildman–Crippen MR) is 63.6 cm³/mol. The Labute approximate surface area is 89.5 Å². The number of aryl methyl sites for hydroxylation is 1. The summed E-state index contributed by atoms with van der Waals surface area (Å²) in [4.78, 5) is 0. The molecule has 0 bridgehead atoms. The number of thioether (sulfide) groups is 1. The Balaban J connectivity index is 2.15. The molecule has 1 rings (SSSR count). The lowest BCUT2D eigenvalue weighted by Gasteiger charge is -2.01. The Morgan fingerprint density at radius 3 is 2.50 bits per heavy atom. The highest BCUT2D eigenvalue weighted by Gasteiger charge is 1.93. The summed E-state index contributed by atoms with van der Waals surface area (Å²) in [6.07, 6.45) is 2.26. The average Bonchev–Trinajstić information content (AvgIpc) is 2.21. The first-order valence-electron chi connectivity index (χ1n) is 4.86. The number of anilines is 1. The summed E-state index contributed by atoms with van der Waals surface area (Å²) >= 11 is 1.80. The molecule has 0 aromatic heterocycles. The molecule has 0 aliphatic rings. The van der Waals surface area contributed by atoms with E-state index in [0.717, 1.165) is 30.0 Å². The first-order valence-corrected chi connectivity index (χ1v) is 6.01. The zero-order valence-electron chi connectivity index (χ0n) is 8.28. The van der Waals surface area contributed by atoms with Gasteiger partial charge in [-0.25, -0.2) is 0 Å². The highest BCUT2D eigenvalue weighted by atomic mass is 32.2. The second-order valence-corrected chi connectivity index (χ2v) is 4.41. The van der Waals surface area contributed by atoms with Crippen molar-refractivity contribution in [2.45, 2.75) is 12.8 Å². The van der Waals surface area contributed by atoms with Crippen LogP contribution in [-0.2, 0) is 6.42 Å². The normalized spacial score (nSPS) is 10.4. The van der Waals surface area contributed by atoms with Gasteiger partial charge in [-0.15, -0.1) is 0 Å². The predicted octanol–water partition coefficient (Wildman–Crippen LogP) is 1.93. The van der Waals surface area contributed by atoms with Crippen LogP contribution in [0.3, 0.4) is 0 Å². The summed E-state index contributed by atoms with van der Waals surface area (Å²) in [7, 11) is 0. The maximum atomic E-state index is 8.58. The first kappa shape index (κ1) is 11.4. The zero-order chi connectivity index (χ0) is 10.2. The van der Waals surface area contributed by atoms with Crippen molar-refractivity contribution in [1.82, 2.24) is 0 Å². The van der Waals surface area contributed by atoms with Gasteiger partial charge in [0.2, 0.25) is 0 Å². The molecule has 0 unspecified atom stereocenters. The second-order valence-electron chi connectivity index (χ2n) is 3.18. The van der Waals surface area contributed by atoms with E-state index in [2.05, 4.69) is 12.1 Å². The second kappa shape index (κ2) is 6.74. The van der Waals surface area contributed by atoms with E-state index < -0.39 is 0 Å². The maximum Gasteiger partial charge on any atom is 0.0521 e. The summed E-state index contributed by atoms with van der Waals surface area (Å²) < 4.78 is 0. The van der Waals surface area contributed by atoms with E-state index in [-0.39, 0.29) is 6.61 Å². The molecule has 0 heterocycles. The van der Waals surface area contributed by atoms with Crippen LogP contribution in [0.1, 0.15) is 12.0 Å². The van der Waals surface area contributed by atoms with Crippen molar-refractivity contribution < 1.29 is 5.11 Å². The fraction of sp³-hybridized carbons (Fsp3) is 0.455. The van der Waals surface area contributed by atoms with Crippen LogP contribution in [0.5, 0.6) is 0 Å². The van der Waals surface area contributed by atoms with Crippen molar-refractivity contribution in [2.24, 2.45) is 0 Å². The first-order chi connectivity index (χ1) is 6.83. The van der Waals surface area contributed by atoms with E-state index in [0.29, 0.717) is 0 Å². The molecule has 0 spiro atoms. The number of rotatable bonds is 6. The Bertz CT molecular complexity index is 248. The average molecular weight is 211 g/mol. The Morgan fingerprint density at radius 2 is 1.86 bits per heavy atom. The van der Waals surface area contributed by atoms with E-state index in [4.69, 9.17) is 10.8 Å². The molecule has 3 N–H and O–H groups in total. The van der Waals surface area contributed by atoms with Crippen LogP contribution in [0.4, 0.5) is 5.69 Å². The Kier molecular flexibility index (Phi) is 5.49. The lowest BCUT2D eigenvalue weighted by atomic mass is 10.1. The lowest BCUT2D eigenvalue weighted by Crippen LogP contribution is -1.92. The van der Waals surface area contributed by atoms with Gasteiger partial charge in [-0.3, -0.25) is 0 Å². The molecule has 3 heteroatoms. The summed E-state index contributed by atoms with van der Waals surface area (Å²) in [5.74, 6) is 1.96. The molecule has 0 aliphatic carbocycles. The third-order valence-electron chi connectivity index (χ3n) is 1.97. The van der Waals surface area contributed by atoms with Crippen molar-refractivity contribution in [3.05, 3.63) is 29.8 Å². The Morgan fingerprint density at radius 1 is 1.14 bits per heavy atom. The van der Waals surface area contributed by atoms with Gasteiger partial charge in [0.05, 0.1) is 6.61 Å². The third kappa shape index (κ3) is 4.53. The monoisotopic (exact) mass is 211 g/mol. The standard InChI is InChI=1S/C11H17NOS/c12-11-5-3-10(4-6-11)2-1-8-14-9-7-13/h3-6,13H,1-2,7-9,12H2. The van der Waals surface area contributed by atoms with E-state index >= 15 is 0 Å². The van der Waals surface area contributed by atoms with E-state index in [1.165, 1.54) is 5.56 Å². The van der Waals surface area contributed by atoms with Crippen LogP contribution in [0.2, 0.25) is 0 Å². The number of benzene rings is 1. The number of hydrogen-bond acceptors (Lipinski definition) is 3. The topological polar surface area (TPSA) is 46.2 Å². The molecule has 0 amide bonds. The number of aliphatic hydroxyl groups excluding tert-OH is 1. The highest BCUT2D eigenvalue weighted by Crippen LogP contribution is 2.10. The van der Waals surface area contributed by atoms with Crippen LogP contribution >= 0.6 is 11.8 Å². The molecule has 1 aromatic carbocycles.